The maximum atomic E-state index is 12.4. The Morgan fingerprint density at radius 1 is 1.26 bits per heavy atom. The molecule has 0 aliphatic carbocycles. The Kier molecular flexibility index (Phi) is 4.33. The van der Waals surface area contributed by atoms with Gasteiger partial charge in [0.1, 0.15) is 6.42 Å². The van der Waals surface area contributed by atoms with Crippen molar-refractivity contribution in [2.24, 2.45) is 0 Å². The van der Waals surface area contributed by atoms with E-state index >= 15 is 0 Å². The van der Waals surface area contributed by atoms with Crippen molar-refractivity contribution in [2.75, 3.05) is 6.54 Å². The normalized spacial score (nSPS) is 20.1. The van der Waals surface area contributed by atoms with Gasteiger partial charge < -0.3 is 8.94 Å². The molecule has 7 nitrogen and oxygen atoms in total. The van der Waals surface area contributed by atoms with Crippen LogP contribution in [0.25, 0.3) is 0 Å². The second-order valence-electron chi connectivity index (χ2n) is 5.54. The predicted octanol–water partition coefficient (Wildman–Crippen LogP) is 2.59. The molecule has 0 spiro atoms. The molecule has 0 radical (unpaired) electrons. The van der Waals surface area contributed by atoms with E-state index in [-0.39, 0.29) is 11.9 Å². The van der Waals surface area contributed by atoms with Crippen molar-refractivity contribution in [3.05, 3.63) is 23.5 Å². The Hall–Kier alpha value is -1.97. The van der Waals surface area contributed by atoms with E-state index < -0.39 is 18.5 Å². The lowest BCUT2D eigenvalue weighted by molar-refractivity contribution is -0.131. The van der Waals surface area contributed by atoms with Gasteiger partial charge in [-0.1, -0.05) is 11.6 Å². The average Bonchev–Trinajstić information content (AvgIpc) is 3.07. The first kappa shape index (κ1) is 15.9. The summed E-state index contributed by atoms with van der Waals surface area (Å²) in [5.41, 5.74) is 0. The third-order valence-electron chi connectivity index (χ3n) is 3.65. The molecule has 1 fully saturated rings. The third kappa shape index (κ3) is 4.06. The Morgan fingerprint density at radius 2 is 2.09 bits per heavy atom. The molecule has 0 N–H and O–H groups in total. The van der Waals surface area contributed by atoms with E-state index in [0.717, 1.165) is 25.8 Å². The lowest BCUT2D eigenvalue weighted by atomic mass is 10.0. The van der Waals surface area contributed by atoms with Crippen molar-refractivity contribution in [3.63, 3.8) is 0 Å². The summed E-state index contributed by atoms with van der Waals surface area (Å²) >= 11 is 0. The highest BCUT2D eigenvalue weighted by molar-refractivity contribution is 4.96. The van der Waals surface area contributed by atoms with Gasteiger partial charge in [-0.2, -0.15) is 18.2 Å². The molecule has 10 heteroatoms. The standard InChI is InChI=1S/C13H16F3N5O2/c1-8-17-10(20-23-8)7-21-5-3-2-4-9(21)12-19-18-11(22-12)6-13(14,15)16/h9H,2-7H2,1H3. The first-order valence-corrected chi connectivity index (χ1v) is 7.33. The van der Waals surface area contributed by atoms with E-state index in [1.54, 1.807) is 6.92 Å². The van der Waals surface area contributed by atoms with E-state index in [2.05, 4.69) is 20.3 Å². The quantitative estimate of drug-likeness (QED) is 0.851. The molecule has 1 saturated heterocycles. The largest absolute Gasteiger partial charge is 0.423 e. The summed E-state index contributed by atoms with van der Waals surface area (Å²) in [6, 6.07) is -0.225. The molecule has 3 heterocycles. The number of rotatable bonds is 4. The zero-order valence-corrected chi connectivity index (χ0v) is 12.5. The monoisotopic (exact) mass is 331 g/mol. The summed E-state index contributed by atoms with van der Waals surface area (Å²) in [6.45, 7) is 2.89. The zero-order chi connectivity index (χ0) is 16.4. The van der Waals surface area contributed by atoms with Crippen molar-refractivity contribution in [2.45, 2.75) is 51.4 Å². The van der Waals surface area contributed by atoms with Crippen LogP contribution in [0, 0.1) is 6.92 Å². The fourth-order valence-electron chi connectivity index (χ4n) is 2.69. The van der Waals surface area contributed by atoms with E-state index in [0.29, 0.717) is 18.3 Å². The second kappa shape index (κ2) is 6.26. The zero-order valence-electron chi connectivity index (χ0n) is 12.5. The van der Waals surface area contributed by atoms with Crippen LogP contribution in [0.4, 0.5) is 13.2 Å². The molecule has 1 aliphatic heterocycles. The van der Waals surface area contributed by atoms with Gasteiger partial charge in [0.05, 0.1) is 12.6 Å². The Morgan fingerprint density at radius 3 is 2.78 bits per heavy atom. The molecule has 1 aliphatic rings. The Labute approximate surface area is 129 Å². The first-order chi connectivity index (χ1) is 10.9. The van der Waals surface area contributed by atoms with Crippen molar-refractivity contribution < 1.29 is 22.1 Å². The number of aryl methyl sites for hydroxylation is 1. The number of hydrogen-bond donors (Lipinski definition) is 0. The van der Waals surface area contributed by atoms with Crippen LogP contribution < -0.4 is 0 Å². The molecular formula is C13H16F3N5O2. The van der Waals surface area contributed by atoms with Gasteiger partial charge in [-0.05, 0) is 19.4 Å². The van der Waals surface area contributed by atoms with Crippen molar-refractivity contribution in [3.8, 4) is 0 Å². The topological polar surface area (TPSA) is 81.1 Å². The van der Waals surface area contributed by atoms with Crippen LogP contribution in [0.15, 0.2) is 8.94 Å². The number of piperidine rings is 1. The number of likely N-dealkylation sites (tertiary alicyclic amines) is 1. The minimum Gasteiger partial charge on any atom is -0.423 e. The Bertz CT molecular complexity index is 654. The van der Waals surface area contributed by atoms with E-state index in [1.165, 1.54) is 0 Å². The van der Waals surface area contributed by atoms with Crippen LogP contribution in [-0.4, -0.2) is 38.0 Å². The smallest absolute Gasteiger partial charge is 0.397 e. The summed E-state index contributed by atoms with van der Waals surface area (Å²) in [4.78, 5) is 6.18. The molecule has 2 aromatic heterocycles. The maximum Gasteiger partial charge on any atom is 0.397 e. The lowest BCUT2D eigenvalue weighted by Gasteiger charge is -2.32. The molecule has 126 valence electrons. The molecule has 0 amide bonds. The van der Waals surface area contributed by atoms with E-state index in [1.807, 2.05) is 4.90 Å². The van der Waals surface area contributed by atoms with Crippen LogP contribution in [0.3, 0.4) is 0 Å². The molecule has 1 atom stereocenters. The summed E-state index contributed by atoms with van der Waals surface area (Å²) in [7, 11) is 0. The number of nitrogens with zero attached hydrogens (tertiary/aromatic N) is 5. The highest BCUT2D eigenvalue weighted by Crippen LogP contribution is 2.31. The molecule has 0 bridgehead atoms. The van der Waals surface area contributed by atoms with Gasteiger partial charge in [-0.3, -0.25) is 4.90 Å². The van der Waals surface area contributed by atoms with Crippen molar-refractivity contribution >= 4 is 0 Å². The minimum atomic E-state index is -4.36. The highest BCUT2D eigenvalue weighted by Gasteiger charge is 2.33. The second-order valence-corrected chi connectivity index (χ2v) is 5.54. The number of hydrogen-bond acceptors (Lipinski definition) is 7. The molecule has 3 rings (SSSR count). The van der Waals surface area contributed by atoms with E-state index in [4.69, 9.17) is 8.94 Å². The van der Waals surface area contributed by atoms with Crippen LogP contribution in [0.2, 0.25) is 0 Å². The van der Waals surface area contributed by atoms with Crippen LogP contribution in [0.1, 0.15) is 48.8 Å². The van der Waals surface area contributed by atoms with E-state index in [9.17, 15) is 13.2 Å². The molecule has 2 aromatic rings. The number of halogens is 3. The maximum absolute atomic E-state index is 12.4. The van der Waals surface area contributed by atoms with Gasteiger partial charge in [0, 0.05) is 6.92 Å². The summed E-state index contributed by atoms with van der Waals surface area (Å²) in [6.07, 6.45) is -2.90. The van der Waals surface area contributed by atoms with Gasteiger partial charge in [0.15, 0.2) is 5.82 Å². The molecule has 0 aromatic carbocycles. The molecule has 23 heavy (non-hydrogen) atoms. The highest BCUT2D eigenvalue weighted by atomic mass is 19.4. The third-order valence-corrected chi connectivity index (χ3v) is 3.65. The Balaban J connectivity index is 1.73. The first-order valence-electron chi connectivity index (χ1n) is 7.33. The predicted molar refractivity (Wildman–Crippen MR) is 70.1 cm³/mol. The SMILES string of the molecule is Cc1nc(CN2CCCCC2c2nnc(CC(F)(F)F)o2)no1. The van der Waals surface area contributed by atoms with Crippen LogP contribution in [-0.2, 0) is 13.0 Å². The van der Waals surface area contributed by atoms with Gasteiger partial charge in [-0.25, -0.2) is 0 Å². The summed E-state index contributed by atoms with van der Waals surface area (Å²) in [5.74, 6) is 0.806. The van der Waals surface area contributed by atoms with Gasteiger partial charge >= 0.3 is 6.18 Å². The van der Waals surface area contributed by atoms with Gasteiger partial charge in [0.25, 0.3) is 0 Å². The fraction of sp³-hybridized carbons (Fsp3) is 0.692. The van der Waals surface area contributed by atoms with Gasteiger partial charge in [0.2, 0.25) is 17.7 Å². The minimum absolute atomic E-state index is 0.212. The number of aromatic nitrogens is 4. The van der Waals surface area contributed by atoms with Crippen LogP contribution in [0.5, 0.6) is 0 Å². The number of alkyl halides is 3. The fourth-order valence-corrected chi connectivity index (χ4v) is 2.69. The summed E-state index contributed by atoms with van der Waals surface area (Å²) in [5, 5.41) is 11.2. The van der Waals surface area contributed by atoms with Gasteiger partial charge in [-0.15, -0.1) is 10.2 Å². The lowest BCUT2D eigenvalue weighted by Crippen LogP contribution is -2.33. The molecule has 0 saturated carbocycles. The molecular weight excluding hydrogens is 315 g/mol. The van der Waals surface area contributed by atoms with Crippen molar-refractivity contribution in [1.82, 2.24) is 25.2 Å². The van der Waals surface area contributed by atoms with Crippen molar-refractivity contribution in [1.29, 1.82) is 0 Å². The average molecular weight is 331 g/mol. The van der Waals surface area contributed by atoms with Crippen LogP contribution >= 0.6 is 0 Å². The molecule has 1 unspecified atom stereocenters. The summed E-state index contributed by atoms with van der Waals surface area (Å²) < 4.78 is 47.3.